The van der Waals surface area contributed by atoms with E-state index < -0.39 is 5.60 Å². The number of ether oxygens (including phenoxy) is 1. The van der Waals surface area contributed by atoms with Gasteiger partial charge in [-0.1, -0.05) is 0 Å². The molecule has 3 heterocycles. The Kier molecular flexibility index (Phi) is 4.14. The number of hydrogen-bond acceptors (Lipinski definition) is 4. The molecule has 0 radical (unpaired) electrons. The number of hydrogen-bond donors (Lipinski definition) is 0. The van der Waals surface area contributed by atoms with E-state index in [1.54, 1.807) is 27.7 Å². The summed E-state index contributed by atoms with van der Waals surface area (Å²) < 4.78 is 7.56. The molecule has 1 atom stereocenters. The maximum Gasteiger partial charge on any atom is 0.257 e. The molecular weight excluding hydrogens is 296 g/mol. The molecule has 1 aromatic heterocycles. The van der Waals surface area contributed by atoms with Crippen molar-refractivity contribution >= 4 is 11.8 Å². The molecule has 1 unspecified atom stereocenters. The van der Waals surface area contributed by atoms with Crippen molar-refractivity contribution in [2.75, 3.05) is 33.3 Å². The van der Waals surface area contributed by atoms with Crippen LogP contribution in [0.1, 0.15) is 35.3 Å². The van der Waals surface area contributed by atoms with Gasteiger partial charge in [-0.05, 0) is 26.2 Å². The van der Waals surface area contributed by atoms with Crippen molar-refractivity contribution in [3.63, 3.8) is 0 Å². The topological polar surface area (TPSA) is 67.7 Å². The van der Waals surface area contributed by atoms with Crippen LogP contribution < -0.4 is 0 Å². The van der Waals surface area contributed by atoms with Crippen molar-refractivity contribution in [2.24, 2.45) is 7.05 Å². The maximum atomic E-state index is 12.8. The zero-order valence-corrected chi connectivity index (χ0v) is 14.0. The molecule has 2 aliphatic heterocycles. The Hall–Kier alpha value is -1.89. The van der Waals surface area contributed by atoms with E-state index in [2.05, 4.69) is 5.10 Å². The average Bonchev–Trinajstić information content (AvgIpc) is 2.82. The second-order valence-corrected chi connectivity index (χ2v) is 6.56. The van der Waals surface area contributed by atoms with Crippen LogP contribution in [-0.2, 0) is 16.6 Å². The van der Waals surface area contributed by atoms with Gasteiger partial charge in [0.2, 0.25) is 0 Å². The Bertz CT molecular complexity index is 627. The molecule has 1 spiro atoms. The summed E-state index contributed by atoms with van der Waals surface area (Å²) in [5.74, 6) is -0.0756. The molecule has 0 N–H and O–H groups in total. The largest absolute Gasteiger partial charge is 0.361 e. The lowest BCUT2D eigenvalue weighted by Crippen LogP contribution is -2.60. The fraction of sp³-hybridized carbons (Fsp3) is 0.688. The van der Waals surface area contributed by atoms with E-state index in [4.69, 9.17) is 4.74 Å². The number of likely N-dealkylation sites (tertiary alicyclic amines) is 1. The number of nitrogens with zero attached hydrogens (tertiary/aromatic N) is 4. The molecule has 0 saturated carbocycles. The summed E-state index contributed by atoms with van der Waals surface area (Å²) in [6.07, 6.45) is 4.32. The number of likely N-dealkylation sites (N-methyl/N-ethyl adjacent to an activating group) is 1. The Morgan fingerprint density at radius 3 is 2.78 bits per heavy atom. The second kappa shape index (κ2) is 5.96. The predicted octanol–water partition coefficient (Wildman–Crippen LogP) is 0.582. The number of aromatic nitrogens is 2. The fourth-order valence-electron chi connectivity index (χ4n) is 3.53. The van der Waals surface area contributed by atoms with E-state index in [1.807, 2.05) is 14.0 Å². The van der Waals surface area contributed by atoms with Crippen molar-refractivity contribution < 1.29 is 14.3 Å². The molecule has 126 valence electrons. The molecule has 2 aliphatic rings. The van der Waals surface area contributed by atoms with E-state index in [0.717, 1.165) is 19.4 Å². The lowest BCUT2D eigenvalue weighted by molar-refractivity contribution is -0.166. The Morgan fingerprint density at radius 2 is 2.09 bits per heavy atom. The van der Waals surface area contributed by atoms with Crippen LogP contribution in [0.25, 0.3) is 0 Å². The molecule has 7 heteroatoms. The smallest absolute Gasteiger partial charge is 0.257 e. The minimum Gasteiger partial charge on any atom is -0.361 e. The van der Waals surface area contributed by atoms with Gasteiger partial charge >= 0.3 is 0 Å². The highest BCUT2D eigenvalue weighted by Crippen LogP contribution is 2.30. The minimum atomic E-state index is -0.880. The first-order valence-electron chi connectivity index (χ1n) is 8.12. The molecule has 0 aromatic carbocycles. The average molecular weight is 320 g/mol. The van der Waals surface area contributed by atoms with E-state index in [9.17, 15) is 9.59 Å². The van der Waals surface area contributed by atoms with Crippen LogP contribution in [0.5, 0.6) is 0 Å². The number of carbonyl (C=O) groups excluding carboxylic acids is 2. The van der Waals surface area contributed by atoms with Gasteiger partial charge in [-0.3, -0.25) is 14.3 Å². The number of rotatable bonds is 1. The Balaban J connectivity index is 1.84. The van der Waals surface area contributed by atoms with Gasteiger partial charge in [0.25, 0.3) is 11.8 Å². The van der Waals surface area contributed by atoms with Crippen LogP contribution in [0.3, 0.4) is 0 Å². The number of amides is 2. The third kappa shape index (κ3) is 2.85. The maximum absolute atomic E-state index is 12.8. The third-order valence-corrected chi connectivity index (χ3v) is 4.78. The van der Waals surface area contributed by atoms with Gasteiger partial charge in [-0.2, -0.15) is 5.10 Å². The number of morpholine rings is 1. The molecule has 1 aromatic rings. The summed E-state index contributed by atoms with van der Waals surface area (Å²) in [5.41, 5.74) is 0.427. The standard InChI is InChI=1S/C16H24N4O3/c1-12-13(10-19(3)17-12)14(21)20-8-9-23-16(11-20)6-4-5-7-18(2)15(16)22/h10H,4-9,11H2,1-3H3. The predicted molar refractivity (Wildman–Crippen MR) is 84.0 cm³/mol. The summed E-state index contributed by atoms with van der Waals surface area (Å²) in [6, 6.07) is 0. The van der Waals surface area contributed by atoms with Crippen molar-refractivity contribution in [1.29, 1.82) is 0 Å². The summed E-state index contributed by atoms with van der Waals surface area (Å²) in [5, 5.41) is 4.24. The first-order chi connectivity index (χ1) is 10.9. The SMILES string of the molecule is Cc1nn(C)cc1C(=O)N1CCOC2(CCCCN(C)C2=O)C1. The third-order valence-electron chi connectivity index (χ3n) is 4.78. The normalized spacial score (nSPS) is 25.8. The lowest BCUT2D eigenvalue weighted by Gasteiger charge is -2.42. The van der Waals surface area contributed by atoms with Crippen molar-refractivity contribution in [2.45, 2.75) is 31.8 Å². The van der Waals surface area contributed by atoms with Gasteiger partial charge in [-0.25, -0.2) is 0 Å². The molecule has 7 nitrogen and oxygen atoms in total. The number of aryl methyl sites for hydroxylation is 2. The first kappa shape index (κ1) is 16.0. The lowest BCUT2D eigenvalue weighted by atomic mass is 9.94. The van der Waals surface area contributed by atoms with Crippen molar-refractivity contribution in [3.8, 4) is 0 Å². The summed E-state index contributed by atoms with van der Waals surface area (Å²) in [7, 11) is 3.61. The fourth-order valence-corrected chi connectivity index (χ4v) is 3.53. The quantitative estimate of drug-likeness (QED) is 0.759. The monoisotopic (exact) mass is 320 g/mol. The Morgan fingerprint density at radius 1 is 1.30 bits per heavy atom. The highest BCUT2D eigenvalue weighted by atomic mass is 16.5. The summed E-state index contributed by atoms with van der Waals surface area (Å²) in [4.78, 5) is 29.0. The highest BCUT2D eigenvalue weighted by Gasteiger charge is 2.47. The van der Waals surface area contributed by atoms with Crippen molar-refractivity contribution in [3.05, 3.63) is 17.5 Å². The van der Waals surface area contributed by atoms with Crippen LogP contribution >= 0.6 is 0 Å². The molecule has 3 rings (SSSR count). The van der Waals surface area contributed by atoms with Gasteiger partial charge in [0.05, 0.1) is 24.4 Å². The summed E-state index contributed by atoms with van der Waals surface area (Å²) in [6.45, 7) is 3.80. The van der Waals surface area contributed by atoms with Crippen LogP contribution in [-0.4, -0.2) is 70.3 Å². The van der Waals surface area contributed by atoms with Crippen LogP contribution in [0.4, 0.5) is 0 Å². The molecule has 2 fully saturated rings. The van der Waals surface area contributed by atoms with Crippen LogP contribution in [0, 0.1) is 6.92 Å². The molecule has 2 amide bonds. The van der Waals surface area contributed by atoms with Gasteiger partial charge in [0.15, 0.2) is 5.60 Å². The highest BCUT2D eigenvalue weighted by molar-refractivity contribution is 5.96. The first-order valence-corrected chi connectivity index (χ1v) is 8.12. The van der Waals surface area contributed by atoms with Gasteiger partial charge in [0, 0.05) is 33.4 Å². The van der Waals surface area contributed by atoms with Crippen LogP contribution in [0.2, 0.25) is 0 Å². The van der Waals surface area contributed by atoms with E-state index in [0.29, 0.717) is 37.4 Å². The zero-order valence-electron chi connectivity index (χ0n) is 14.0. The zero-order chi connectivity index (χ0) is 16.6. The van der Waals surface area contributed by atoms with E-state index in [-0.39, 0.29) is 11.8 Å². The van der Waals surface area contributed by atoms with Gasteiger partial charge in [-0.15, -0.1) is 0 Å². The van der Waals surface area contributed by atoms with Gasteiger partial charge in [0.1, 0.15) is 0 Å². The molecule has 0 aliphatic carbocycles. The molecule has 23 heavy (non-hydrogen) atoms. The van der Waals surface area contributed by atoms with E-state index >= 15 is 0 Å². The minimum absolute atomic E-state index is 0.00425. The van der Waals surface area contributed by atoms with Crippen molar-refractivity contribution in [1.82, 2.24) is 19.6 Å². The molecule has 0 bridgehead atoms. The molecule has 2 saturated heterocycles. The summed E-state index contributed by atoms with van der Waals surface area (Å²) >= 11 is 0. The Labute approximate surface area is 136 Å². The number of carbonyl (C=O) groups is 2. The van der Waals surface area contributed by atoms with E-state index in [1.165, 1.54) is 0 Å². The van der Waals surface area contributed by atoms with Crippen LogP contribution in [0.15, 0.2) is 6.20 Å². The second-order valence-electron chi connectivity index (χ2n) is 6.56. The van der Waals surface area contributed by atoms with Gasteiger partial charge < -0.3 is 14.5 Å². The molecular formula is C16H24N4O3.